The van der Waals surface area contributed by atoms with Gasteiger partial charge in [0.2, 0.25) is 0 Å². The number of anilines is 1. The third-order valence-electron chi connectivity index (χ3n) is 4.93. The summed E-state index contributed by atoms with van der Waals surface area (Å²) < 4.78 is 28.4. The van der Waals surface area contributed by atoms with E-state index in [0.29, 0.717) is 17.2 Å². The summed E-state index contributed by atoms with van der Waals surface area (Å²) in [5.41, 5.74) is 2.10. The van der Waals surface area contributed by atoms with Gasteiger partial charge in [0.25, 0.3) is 15.9 Å². The van der Waals surface area contributed by atoms with Crippen LogP contribution >= 0.6 is 11.8 Å². The summed E-state index contributed by atoms with van der Waals surface area (Å²) in [5.74, 6) is 0.282. The zero-order valence-corrected chi connectivity index (χ0v) is 18.1. The summed E-state index contributed by atoms with van der Waals surface area (Å²) in [6.45, 7) is 5.63. The molecule has 28 heavy (non-hydrogen) atoms. The van der Waals surface area contributed by atoms with Crippen molar-refractivity contribution in [1.29, 1.82) is 0 Å². The van der Waals surface area contributed by atoms with Gasteiger partial charge in [0, 0.05) is 23.7 Å². The molecular weight excluding hydrogens is 392 g/mol. The van der Waals surface area contributed by atoms with Crippen LogP contribution in [0.1, 0.15) is 48.5 Å². The van der Waals surface area contributed by atoms with Crippen LogP contribution in [0.15, 0.2) is 52.3 Å². The van der Waals surface area contributed by atoms with E-state index >= 15 is 0 Å². The lowest BCUT2D eigenvalue weighted by Gasteiger charge is -2.18. The number of thioether (sulfide) groups is 1. The Morgan fingerprint density at radius 3 is 2.29 bits per heavy atom. The summed E-state index contributed by atoms with van der Waals surface area (Å²) in [6.07, 6.45) is 3.87. The molecule has 1 amide bonds. The van der Waals surface area contributed by atoms with Crippen molar-refractivity contribution in [3.8, 4) is 0 Å². The van der Waals surface area contributed by atoms with Gasteiger partial charge in [-0.15, -0.1) is 11.8 Å². The van der Waals surface area contributed by atoms with Gasteiger partial charge in [-0.25, -0.2) is 8.42 Å². The Hall–Kier alpha value is -1.99. The van der Waals surface area contributed by atoms with Crippen molar-refractivity contribution < 1.29 is 13.2 Å². The van der Waals surface area contributed by atoms with Gasteiger partial charge in [-0.2, -0.15) is 0 Å². The number of likely N-dealkylation sites (tertiary alicyclic amines) is 1. The van der Waals surface area contributed by atoms with Crippen LogP contribution in [0.3, 0.4) is 0 Å². The summed E-state index contributed by atoms with van der Waals surface area (Å²) in [4.78, 5) is 15.5. The maximum Gasteiger partial charge on any atom is 0.261 e. The molecule has 0 spiro atoms. The molecule has 0 aromatic heterocycles. The van der Waals surface area contributed by atoms with Crippen molar-refractivity contribution in [3.05, 3.63) is 53.6 Å². The van der Waals surface area contributed by atoms with Crippen molar-refractivity contribution in [2.75, 3.05) is 24.1 Å². The first kappa shape index (κ1) is 20.7. The minimum Gasteiger partial charge on any atom is -0.339 e. The Balaban J connectivity index is 1.88. The summed E-state index contributed by atoms with van der Waals surface area (Å²) in [7, 11) is -3.78. The number of hydrogen-bond acceptors (Lipinski definition) is 4. The Bertz CT molecular complexity index is 948. The molecule has 1 fully saturated rings. The third-order valence-corrected chi connectivity index (χ3v) is 7.11. The molecule has 7 heteroatoms. The zero-order valence-electron chi connectivity index (χ0n) is 16.4. The fraction of sp³-hybridized carbons (Fsp3) is 0.381. The number of carbonyl (C=O) groups is 1. The van der Waals surface area contributed by atoms with E-state index in [1.54, 1.807) is 29.2 Å². The third kappa shape index (κ3) is 4.52. The number of amides is 1. The first-order valence-electron chi connectivity index (χ1n) is 9.42. The number of hydrogen-bond donors (Lipinski definition) is 1. The second kappa shape index (κ2) is 8.57. The number of nitrogens with zero attached hydrogens (tertiary/aromatic N) is 1. The Morgan fingerprint density at radius 1 is 1.07 bits per heavy atom. The van der Waals surface area contributed by atoms with Gasteiger partial charge in [-0.1, -0.05) is 26.0 Å². The number of sulfonamides is 1. The Labute approximate surface area is 171 Å². The topological polar surface area (TPSA) is 66.5 Å². The monoisotopic (exact) mass is 418 g/mol. The maximum atomic E-state index is 12.9. The number of rotatable bonds is 6. The predicted octanol–water partition coefficient (Wildman–Crippen LogP) is 4.57. The smallest absolute Gasteiger partial charge is 0.261 e. The molecule has 5 nitrogen and oxygen atoms in total. The zero-order chi connectivity index (χ0) is 20.3. The molecule has 0 aliphatic carbocycles. The van der Waals surface area contributed by atoms with E-state index in [0.717, 1.165) is 36.4 Å². The van der Waals surface area contributed by atoms with E-state index in [2.05, 4.69) is 18.6 Å². The van der Waals surface area contributed by atoms with Crippen LogP contribution in [-0.2, 0) is 10.0 Å². The van der Waals surface area contributed by atoms with Crippen LogP contribution in [0.5, 0.6) is 0 Å². The largest absolute Gasteiger partial charge is 0.339 e. The normalized spacial score (nSPS) is 14.5. The van der Waals surface area contributed by atoms with Crippen LogP contribution in [0.25, 0.3) is 0 Å². The summed E-state index contributed by atoms with van der Waals surface area (Å²) in [6, 6.07) is 12.1. The molecule has 1 aliphatic rings. The molecule has 1 heterocycles. The van der Waals surface area contributed by atoms with Gasteiger partial charge in [-0.05, 0) is 60.9 Å². The molecule has 1 saturated heterocycles. The van der Waals surface area contributed by atoms with Gasteiger partial charge in [0.15, 0.2) is 0 Å². The van der Waals surface area contributed by atoms with Crippen molar-refractivity contribution in [2.24, 2.45) is 0 Å². The van der Waals surface area contributed by atoms with Crippen LogP contribution in [0.2, 0.25) is 0 Å². The molecule has 1 aliphatic heterocycles. The van der Waals surface area contributed by atoms with Gasteiger partial charge in [-0.3, -0.25) is 9.52 Å². The molecular formula is C21H26N2O3S2. The highest BCUT2D eigenvalue weighted by Crippen LogP contribution is 2.27. The molecule has 1 N–H and O–H groups in total. The molecule has 0 atom stereocenters. The first-order chi connectivity index (χ1) is 13.3. The molecule has 150 valence electrons. The molecule has 0 bridgehead atoms. The van der Waals surface area contributed by atoms with Crippen LogP contribution in [0, 0.1) is 0 Å². The molecule has 0 saturated carbocycles. The minimum atomic E-state index is -3.78. The highest BCUT2D eigenvalue weighted by atomic mass is 32.2. The number of nitrogens with one attached hydrogen (secondary N) is 1. The van der Waals surface area contributed by atoms with E-state index in [-0.39, 0.29) is 10.8 Å². The standard InChI is InChI=1S/C21H26N2O3S2/c1-15(2)16-6-8-17(9-7-16)22-28(25,26)18-10-11-20(27-3)19(14-18)21(24)23-12-4-5-13-23/h6-11,14-15,22H,4-5,12-13H2,1-3H3. The fourth-order valence-corrected chi connectivity index (χ4v) is 4.92. The highest BCUT2D eigenvalue weighted by Gasteiger charge is 2.24. The van der Waals surface area contributed by atoms with Crippen molar-refractivity contribution in [2.45, 2.75) is 42.4 Å². The average molecular weight is 419 g/mol. The van der Waals surface area contributed by atoms with E-state index in [4.69, 9.17) is 0 Å². The van der Waals surface area contributed by atoms with E-state index in [1.807, 2.05) is 18.4 Å². The highest BCUT2D eigenvalue weighted by molar-refractivity contribution is 7.98. The fourth-order valence-electron chi connectivity index (χ4n) is 3.26. The number of benzene rings is 2. The maximum absolute atomic E-state index is 12.9. The van der Waals surface area contributed by atoms with Gasteiger partial charge < -0.3 is 4.90 Å². The lowest BCUT2D eigenvalue weighted by atomic mass is 10.0. The van der Waals surface area contributed by atoms with Gasteiger partial charge in [0.05, 0.1) is 10.5 Å². The molecule has 0 radical (unpaired) electrons. The SMILES string of the molecule is CSc1ccc(S(=O)(=O)Nc2ccc(C(C)C)cc2)cc1C(=O)N1CCCC1. The Morgan fingerprint density at radius 2 is 1.71 bits per heavy atom. The first-order valence-corrected chi connectivity index (χ1v) is 12.1. The Kier molecular flexibility index (Phi) is 6.35. The predicted molar refractivity (Wildman–Crippen MR) is 115 cm³/mol. The van der Waals surface area contributed by atoms with E-state index in [1.165, 1.54) is 17.8 Å². The molecule has 3 rings (SSSR count). The van der Waals surface area contributed by atoms with Crippen LogP contribution in [0.4, 0.5) is 5.69 Å². The van der Waals surface area contributed by atoms with E-state index in [9.17, 15) is 13.2 Å². The lowest BCUT2D eigenvalue weighted by Crippen LogP contribution is -2.28. The van der Waals surface area contributed by atoms with Crippen molar-refractivity contribution in [3.63, 3.8) is 0 Å². The quantitative estimate of drug-likeness (QED) is 0.698. The van der Waals surface area contributed by atoms with E-state index < -0.39 is 10.0 Å². The summed E-state index contributed by atoms with van der Waals surface area (Å²) in [5, 5.41) is 0. The van der Waals surface area contributed by atoms with Crippen molar-refractivity contribution >= 4 is 33.4 Å². The molecule has 2 aromatic carbocycles. The second-order valence-corrected chi connectivity index (χ2v) is 9.77. The number of carbonyl (C=O) groups excluding carboxylic acids is 1. The van der Waals surface area contributed by atoms with Crippen LogP contribution < -0.4 is 4.72 Å². The minimum absolute atomic E-state index is 0.0970. The van der Waals surface area contributed by atoms with Crippen LogP contribution in [-0.4, -0.2) is 38.6 Å². The summed E-state index contributed by atoms with van der Waals surface area (Å²) >= 11 is 1.45. The lowest BCUT2D eigenvalue weighted by molar-refractivity contribution is 0.0789. The molecule has 2 aromatic rings. The van der Waals surface area contributed by atoms with Gasteiger partial charge in [0.1, 0.15) is 0 Å². The van der Waals surface area contributed by atoms with Gasteiger partial charge >= 0.3 is 0 Å². The average Bonchev–Trinajstić information content (AvgIpc) is 3.21. The molecule has 0 unspecified atom stereocenters. The second-order valence-electron chi connectivity index (χ2n) is 7.24. The van der Waals surface area contributed by atoms with Crippen molar-refractivity contribution in [1.82, 2.24) is 4.90 Å².